The fourth-order valence-electron chi connectivity index (χ4n) is 2.11. The summed E-state index contributed by atoms with van der Waals surface area (Å²) in [6, 6.07) is 11.3. The smallest absolute Gasteiger partial charge is 0.335 e. The lowest BCUT2D eigenvalue weighted by Crippen LogP contribution is -2.03. The van der Waals surface area contributed by atoms with Gasteiger partial charge in [-0.1, -0.05) is 18.2 Å². The topological polar surface area (TPSA) is 49.3 Å². The molecule has 2 rings (SSSR count). The van der Waals surface area contributed by atoms with Crippen LogP contribution in [-0.4, -0.2) is 11.1 Å². The monoisotopic (exact) mass is 269 g/mol. The van der Waals surface area contributed by atoms with Gasteiger partial charge in [0.15, 0.2) is 0 Å². The molecule has 0 saturated heterocycles. The second-order valence-corrected chi connectivity index (χ2v) is 5.11. The first-order valence-electron chi connectivity index (χ1n) is 6.61. The summed E-state index contributed by atoms with van der Waals surface area (Å²) < 4.78 is 0. The summed E-state index contributed by atoms with van der Waals surface area (Å²) in [7, 11) is 0. The second-order valence-electron chi connectivity index (χ2n) is 5.11. The maximum atomic E-state index is 10.8. The first-order chi connectivity index (χ1) is 9.47. The fourth-order valence-corrected chi connectivity index (χ4v) is 2.11. The Morgan fingerprint density at radius 1 is 1.00 bits per heavy atom. The standard InChI is InChI=1S/C17H19NO2/c1-11-8-13(3)16(9-12(11)2)18-10-14-4-6-15(7-5-14)17(19)20/h4-9,18H,10H2,1-3H3,(H,19,20). The number of carboxylic acid groups (broad SMARTS) is 1. The molecule has 3 heteroatoms. The van der Waals surface area contributed by atoms with Crippen LogP contribution in [0.25, 0.3) is 0 Å². The van der Waals surface area contributed by atoms with Gasteiger partial charge in [-0.2, -0.15) is 0 Å². The molecule has 0 aliphatic heterocycles. The van der Waals surface area contributed by atoms with Crippen LogP contribution in [0.15, 0.2) is 36.4 Å². The summed E-state index contributed by atoms with van der Waals surface area (Å²) in [5, 5.41) is 12.3. The van der Waals surface area contributed by atoms with Crippen LogP contribution < -0.4 is 5.32 Å². The van der Waals surface area contributed by atoms with Crippen LogP contribution in [0.4, 0.5) is 5.69 Å². The molecule has 2 aromatic rings. The Balaban J connectivity index is 2.09. The van der Waals surface area contributed by atoms with Crippen LogP contribution in [0.2, 0.25) is 0 Å². The molecule has 0 aliphatic carbocycles. The lowest BCUT2D eigenvalue weighted by atomic mass is 10.0. The Bertz CT molecular complexity index is 630. The van der Waals surface area contributed by atoms with Crippen molar-refractivity contribution in [1.82, 2.24) is 0 Å². The van der Waals surface area contributed by atoms with Crippen molar-refractivity contribution in [2.75, 3.05) is 5.32 Å². The number of aryl methyl sites for hydroxylation is 3. The molecule has 0 fully saturated rings. The van der Waals surface area contributed by atoms with Crippen molar-refractivity contribution in [3.8, 4) is 0 Å². The van der Waals surface area contributed by atoms with Gasteiger partial charge in [0.1, 0.15) is 0 Å². The molecule has 0 unspecified atom stereocenters. The van der Waals surface area contributed by atoms with Crippen molar-refractivity contribution in [2.45, 2.75) is 27.3 Å². The summed E-state index contributed by atoms with van der Waals surface area (Å²) in [5.74, 6) is -0.894. The highest BCUT2D eigenvalue weighted by Gasteiger charge is 2.04. The van der Waals surface area contributed by atoms with Gasteiger partial charge >= 0.3 is 5.97 Å². The van der Waals surface area contributed by atoms with E-state index < -0.39 is 5.97 Å². The van der Waals surface area contributed by atoms with Gasteiger partial charge in [0, 0.05) is 12.2 Å². The Morgan fingerprint density at radius 3 is 2.20 bits per heavy atom. The molecule has 0 spiro atoms. The van der Waals surface area contributed by atoms with Crippen molar-refractivity contribution in [1.29, 1.82) is 0 Å². The number of aromatic carboxylic acids is 1. The molecule has 0 radical (unpaired) electrons. The minimum Gasteiger partial charge on any atom is -0.478 e. The summed E-state index contributed by atoms with van der Waals surface area (Å²) in [6.45, 7) is 6.98. The van der Waals surface area contributed by atoms with Crippen LogP contribution in [0, 0.1) is 20.8 Å². The van der Waals surface area contributed by atoms with E-state index in [1.807, 2.05) is 12.1 Å². The van der Waals surface area contributed by atoms with E-state index in [1.54, 1.807) is 12.1 Å². The molecule has 0 heterocycles. The highest BCUT2D eigenvalue weighted by Crippen LogP contribution is 2.20. The third-order valence-corrected chi connectivity index (χ3v) is 3.52. The average molecular weight is 269 g/mol. The summed E-state index contributed by atoms with van der Waals surface area (Å²) in [6.07, 6.45) is 0. The van der Waals surface area contributed by atoms with Crippen molar-refractivity contribution < 1.29 is 9.90 Å². The molecule has 0 saturated carbocycles. The molecule has 0 atom stereocenters. The Morgan fingerprint density at radius 2 is 1.60 bits per heavy atom. The number of benzene rings is 2. The van der Waals surface area contributed by atoms with E-state index >= 15 is 0 Å². The Hall–Kier alpha value is -2.29. The largest absolute Gasteiger partial charge is 0.478 e. The number of nitrogens with one attached hydrogen (secondary N) is 1. The van der Waals surface area contributed by atoms with Crippen LogP contribution in [-0.2, 0) is 6.54 Å². The van der Waals surface area contributed by atoms with Crippen LogP contribution in [0.1, 0.15) is 32.6 Å². The van der Waals surface area contributed by atoms with E-state index in [0.717, 1.165) is 11.3 Å². The Kier molecular flexibility index (Phi) is 4.08. The highest BCUT2D eigenvalue weighted by atomic mass is 16.4. The number of hydrogen-bond donors (Lipinski definition) is 2. The molecular formula is C17H19NO2. The number of hydrogen-bond acceptors (Lipinski definition) is 2. The van der Waals surface area contributed by atoms with Crippen LogP contribution in [0.3, 0.4) is 0 Å². The van der Waals surface area contributed by atoms with E-state index in [1.165, 1.54) is 16.7 Å². The van der Waals surface area contributed by atoms with E-state index in [-0.39, 0.29) is 0 Å². The Labute approximate surface area is 119 Å². The van der Waals surface area contributed by atoms with Crippen molar-refractivity contribution >= 4 is 11.7 Å². The zero-order chi connectivity index (χ0) is 14.7. The molecule has 20 heavy (non-hydrogen) atoms. The number of rotatable bonds is 4. The molecule has 2 N–H and O–H groups in total. The molecule has 0 bridgehead atoms. The lowest BCUT2D eigenvalue weighted by molar-refractivity contribution is 0.0697. The SMILES string of the molecule is Cc1cc(C)c(NCc2ccc(C(=O)O)cc2)cc1C. The van der Waals surface area contributed by atoms with E-state index in [4.69, 9.17) is 5.11 Å². The summed E-state index contributed by atoms with van der Waals surface area (Å²) in [5.41, 5.74) is 6.27. The molecule has 0 amide bonds. The highest BCUT2D eigenvalue weighted by molar-refractivity contribution is 5.87. The average Bonchev–Trinajstić information content (AvgIpc) is 2.42. The van der Waals surface area contributed by atoms with E-state index in [2.05, 4.69) is 38.2 Å². The van der Waals surface area contributed by atoms with Gasteiger partial charge in [-0.15, -0.1) is 0 Å². The zero-order valence-electron chi connectivity index (χ0n) is 12.0. The van der Waals surface area contributed by atoms with Crippen molar-refractivity contribution in [3.63, 3.8) is 0 Å². The van der Waals surface area contributed by atoms with Gasteiger partial charge in [-0.25, -0.2) is 4.79 Å². The zero-order valence-corrected chi connectivity index (χ0v) is 12.0. The fraction of sp³-hybridized carbons (Fsp3) is 0.235. The normalized spacial score (nSPS) is 10.3. The predicted molar refractivity (Wildman–Crippen MR) is 81.4 cm³/mol. The predicted octanol–water partition coefficient (Wildman–Crippen LogP) is 3.92. The molecule has 2 aromatic carbocycles. The summed E-state index contributed by atoms with van der Waals surface area (Å²) >= 11 is 0. The van der Waals surface area contributed by atoms with Gasteiger partial charge in [-0.05, 0) is 61.2 Å². The molecule has 104 valence electrons. The van der Waals surface area contributed by atoms with Gasteiger partial charge < -0.3 is 10.4 Å². The van der Waals surface area contributed by atoms with Crippen LogP contribution >= 0.6 is 0 Å². The van der Waals surface area contributed by atoms with Crippen LogP contribution in [0.5, 0.6) is 0 Å². The van der Waals surface area contributed by atoms with Gasteiger partial charge in [0.25, 0.3) is 0 Å². The molecule has 0 aromatic heterocycles. The molecule has 0 aliphatic rings. The molecular weight excluding hydrogens is 250 g/mol. The number of anilines is 1. The first-order valence-corrected chi connectivity index (χ1v) is 6.61. The lowest BCUT2D eigenvalue weighted by Gasteiger charge is -2.12. The quantitative estimate of drug-likeness (QED) is 0.884. The first kappa shape index (κ1) is 14.1. The van der Waals surface area contributed by atoms with E-state index in [9.17, 15) is 4.79 Å². The third-order valence-electron chi connectivity index (χ3n) is 3.52. The van der Waals surface area contributed by atoms with Gasteiger partial charge in [-0.3, -0.25) is 0 Å². The van der Waals surface area contributed by atoms with Crippen molar-refractivity contribution in [2.24, 2.45) is 0 Å². The maximum absolute atomic E-state index is 10.8. The van der Waals surface area contributed by atoms with Crippen molar-refractivity contribution in [3.05, 3.63) is 64.2 Å². The maximum Gasteiger partial charge on any atom is 0.335 e. The number of carbonyl (C=O) groups is 1. The number of carboxylic acids is 1. The minimum atomic E-state index is -0.894. The van der Waals surface area contributed by atoms with Gasteiger partial charge in [0.05, 0.1) is 5.56 Å². The van der Waals surface area contributed by atoms with Gasteiger partial charge in [0.2, 0.25) is 0 Å². The van der Waals surface area contributed by atoms with E-state index in [0.29, 0.717) is 12.1 Å². The minimum absolute atomic E-state index is 0.316. The molecule has 3 nitrogen and oxygen atoms in total. The third kappa shape index (κ3) is 3.18. The summed E-state index contributed by atoms with van der Waals surface area (Å²) in [4.78, 5) is 10.8. The second kappa shape index (κ2) is 5.78.